The van der Waals surface area contributed by atoms with Crippen molar-refractivity contribution in [3.63, 3.8) is 0 Å². The molecular weight excluding hydrogens is 136 g/mol. The van der Waals surface area contributed by atoms with E-state index in [4.69, 9.17) is 4.74 Å². The third-order valence-corrected chi connectivity index (χ3v) is 1.48. The second-order valence-corrected chi connectivity index (χ2v) is 2.16. The summed E-state index contributed by atoms with van der Waals surface area (Å²) in [7, 11) is 0. The van der Waals surface area contributed by atoms with Crippen molar-refractivity contribution in [1.82, 2.24) is 9.59 Å². The first-order chi connectivity index (χ1) is 4.34. The van der Waals surface area contributed by atoms with E-state index in [0.29, 0.717) is 12.3 Å². The van der Waals surface area contributed by atoms with Gasteiger partial charge in [0.25, 0.3) is 0 Å². The molecule has 1 rings (SSSR count). The second-order valence-electron chi connectivity index (χ2n) is 1.44. The van der Waals surface area contributed by atoms with Crippen LogP contribution >= 0.6 is 11.5 Å². The molecule has 0 aromatic carbocycles. The fraction of sp³-hybridized carbons (Fsp3) is 0.400. The van der Waals surface area contributed by atoms with E-state index in [9.17, 15) is 0 Å². The van der Waals surface area contributed by atoms with E-state index < -0.39 is 0 Å². The minimum absolute atomic E-state index is 0.627. The quantitative estimate of drug-likeness (QED) is 0.622. The van der Waals surface area contributed by atoms with Gasteiger partial charge in [-0.15, -0.1) is 5.10 Å². The van der Waals surface area contributed by atoms with E-state index in [1.807, 2.05) is 6.92 Å². The lowest BCUT2D eigenvalue weighted by molar-refractivity contribution is 0.348. The van der Waals surface area contributed by atoms with Crippen LogP contribution < -0.4 is 4.74 Å². The number of hydrogen-bond donors (Lipinski definition) is 0. The molecule has 1 aromatic heterocycles. The number of rotatable bonds is 2. The first kappa shape index (κ1) is 6.48. The Morgan fingerprint density at radius 2 is 2.56 bits per heavy atom. The highest BCUT2D eigenvalue weighted by atomic mass is 32.1. The van der Waals surface area contributed by atoms with Crippen LogP contribution in [0.2, 0.25) is 0 Å². The lowest BCUT2D eigenvalue weighted by Gasteiger charge is -1.94. The molecule has 0 fully saturated rings. The van der Waals surface area contributed by atoms with E-state index in [-0.39, 0.29) is 0 Å². The van der Waals surface area contributed by atoms with E-state index in [2.05, 4.69) is 16.5 Å². The Kier molecular flexibility index (Phi) is 2.00. The van der Waals surface area contributed by atoms with Gasteiger partial charge in [-0.3, -0.25) is 0 Å². The average Bonchev–Trinajstić information content (AvgIpc) is 2.18. The average molecular weight is 143 g/mol. The molecule has 9 heavy (non-hydrogen) atoms. The first-order valence-electron chi connectivity index (χ1n) is 2.61. The molecule has 0 amide bonds. The van der Waals surface area contributed by atoms with Gasteiger partial charge in [-0.25, -0.2) is 0 Å². The zero-order valence-electron chi connectivity index (χ0n) is 5.13. The molecule has 1 heterocycles. The number of ether oxygens (including phenoxy) is 1. The molecule has 0 aliphatic carbocycles. The monoisotopic (exact) mass is 143 g/mol. The van der Waals surface area contributed by atoms with Crippen molar-refractivity contribution in [3.05, 3.63) is 12.6 Å². The van der Waals surface area contributed by atoms with Crippen LogP contribution in [0.1, 0.15) is 12.6 Å². The topological polar surface area (TPSA) is 35.0 Å². The van der Waals surface area contributed by atoms with Crippen molar-refractivity contribution in [2.45, 2.75) is 6.92 Å². The predicted molar refractivity (Wildman–Crippen MR) is 35.5 cm³/mol. The van der Waals surface area contributed by atoms with Crippen molar-refractivity contribution in [2.24, 2.45) is 0 Å². The van der Waals surface area contributed by atoms with Gasteiger partial charge in [0.2, 0.25) is 5.06 Å². The molecule has 0 aliphatic rings. The number of aromatic nitrogens is 2. The highest BCUT2D eigenvalue weighted by Gasteiger charge is 2.00. The van der Waals surface area contributed by atoms with Gasteiger partial charge >= 0.3 is 0 Å². The third-order valence-electron chi connectivity index (χ3n) is 0.796. The Labute approximate surface area is 57.8 Å². The van der Waals surface area contributed by atoms with Gasteiger partial charge in [-0.05, 0) is 6.92 Å². The standard InChI is InChI=1S/C5H7N2OS/c1-3-8-5-4(2)6-7-9-5/h2-3H2,1H3. The Morgan fingerprint density at radius 1 is 1.78 bits per heavy atom. The molecule has 0 atom stereocenters. The van der Waals surface area contributed by atoms with E-state index in [1.54, 1.807) is 0 Å². The summed E-state index contributed by atoms with van der Waals surface area (Å²) in [4.78, 5) is 0. The number of nitrogens with zero attached hydrogens (tertiary/aromatic N) is 2. The van der Waals surface area contributed by atoms with E-state index in [1.165, 1.54) is 11.5 Å². The Morgan fingerprint density at radius 3 is 3.00 bits per heavy atom. The minimum atomic E-state index is 0.627. The van der Waals surface area contributed by atoms with Crippen molar-refractivity contribution in [1.29, 1.82) is 0 Å². The highest BCUT2D eigenvalue weighted by molar-refractivity contribution is 7.07. The van der Waals surface area contributed by atoms with Crippen LogP contribution in [-0.2, 0) is 0 Å². The van der Waals surface area contributed by atoms with Gasteiger partial charge in [-0.2, -0.15) is 0 Å². The molecule has 3 nitrogen and oxygen atoms in total. The zero-order chi connectivity index (χ0) is 6.69. The minimum Gasteiger partial charge on any atom is -0.482 e. The maximum absolute atomic E-state index is 5.11. The maximum Gasteiger partial charge on any atom is 0.217 e. The third kappa shape index (κ3) is 1.38. The van der Waals surface area contributed by atoms with Crippen LogP contribution in [0.3, 0.4) is 0 Å². The van der Waals surface area contributed by atoms with Crippen LogP contribution in [0.25, 0.3) is 0 Å². The molecule has 49 valence electrons. The lowest BCUT2D eigenvalue weighted by Crippen LogP contribution is -1.89. The summed E-state index contributed by atoms with van der Waals surface area (Å²) in [6, 6.07) is 0. The zero-order valence-corrected chi connectivity index (χ0v) is 5.94. The van der Waals surface area contributed by atoms with Crippen LogP contribution in [0.4, 0.5) is 0 Å². The SMILES string of the molecule is [CH2]c1nnsc1OCC. The van der Waals surface area contributed by atoms with Crippen molar-refractivity contribution < 1.29 is 4.74 Å². The molecule has 1 radical (unpaired) electrons. The summed E-state index contributed by atoms with van der Waals surface area (Å²) in [6.45, 7) is 6.17. The van der Waals surface area contributed by atoms with E-state index >= 15 is 0 Å². The largest absolute Gasteiger partial charge is 0.482 e. The molecule has 0 saturated carbocycles. The number of hydrogen-bond acceptors (Lipinski definition) is 4. The maximum atomic E-state index is 5.11. The van der Waals surface area contributed by atoms with Crippen LogP contribution in [-0.4, -0.2) is 16.2 Å². The van der Waals surface area contributed by atoms with Crippen molar-refractivity contribution >= 4 is 11.5 Å². The second kappa shape index (κ2) is 2.77. The van der Waals surface area contributed by atoms with E-state index in [0.717, 1.165) is 5.06 Å². The summed E-state index contributed by atoms with van der Waals surface area (Å²) in [5.74, 6) is 0. The fourth-order valence-corrected chi connectivity index (χ4v) is 0.971. The van der Waals surface area contributed by atoms with Gasteiger partial charge in [0.05, 0.1) is 6.61 Å². The van der Waals surface area contributed by atoms with Gasteiger partial charge in [0, 0.05) is 18.5 Å². The van der Waals surface area contributed by atoms with Crippen LogP contribution in [0.5, 0.6) is 5.06 Å². The predicted octanol–water partition coefficient (Wildman–Crippen LogP) is 1.12. The normalized spacial score (nSPS) is 9.56. The first-order valence-corrected chi connectivity index (χ1v) is 3.39. The van der Waals surface area contributed by atoms with Crippen molar-refractivity contribution in [2.75, 3.05) is 6.61 Å². The lowest BCUT2D eigenvalue weighted by atomic mass is 10.6. The van der Waals surface area contributed by atoms with Gasteiger partial charge in [0.1, 0.15) is 5.69 Å². The highest BCUT2D eigenvalue weighted by Crippen LogP contribution is 2.18. The summed E-state index contributed by atoms with van der Waals surface area (Å²) >= 11 is 1.23. The molecule has 4 heteroatoms. The van der Waals surface area contributed by atoms with Crippen LogP contribution in [0, 0.1) is 6.92 Å². The summed E-state index contributed by atoms with van der Waals surface area (Å²) in [6.07, 6.45) is 0. The van der Waals surface area contributed by atoms with Crippen LogP contribution in [0.15, 0.2) is 0 Å². The molecule has 0 spiro atoms. The summed E-state index contributed by atoms with van der Waals surface area (Å²) in [5.41, 5.74) is 0.627. The molecule has 0 saturated heterocycles. The summed E-state index contributed by atoms with van der Waals surface area (Å²) in [5, 5.41) is 4.39. The molecule has 1 aromatic rings. The molecule has 0 unspecified atom stereocenters. The van der Waals surface area contributed by atoms with Gasteiger partial charge in [-0.1, -0.05) is 4.49 Å². The van der Waals surface area contributed by atoms with Crippen molar-refractivity contribution in [3.8, 4) is 5.06 Å². The van der Waals surface area contributed by atoms with Gasteiger partial charge < -0.3 is 4.74 Å². The fourth-order valence-electron chi connectivity index (χ4n) is 0.441. The smallest absolute Gasteiger partial charge is 0.217 e. The summed E-state index contributed by atoms with van der Waals surface area (Å²) < 4.78 is 8.75. The molecule has 0 N–H and O–H groups in total. The molecular formula is C5H7N2OS. The molecule has 0 aliphatic heterocycles. The van der Waals surface area contributed by atoms with Gasteiger partial charge in [0.15, 0.2) is 0 Å². The Hall–Kier alpha value is -0.640. The Balaban J connectivity index is 2.69. The molecule has 0 bridgehead atoms. The Bertz CT molecular complexity index is 187.